The van der Waals surface area contributed by atoms with Crippen molar-refractivity contribution >= 4 is 23.6 Å². The molecule has 0 heterocycles. The van der Waals surface area contributed by atoms with Gasteiger partial charge in [-0.1, -0.05) is 36.9 Å². The Morgan fingerprint density at radius 2 is 2.07 bits per heavy atom. The van der Waals surface area contributed by atoms with Gasteiger partial charge < -0.3 is 0 Å². The molecular weight excluding hydrogens is 192 g/mol. The Balaban J connectivity index is 2.66. The molecule has 1 aromatic carbocycles. The van der Waals surface area contributed by atoms with Gasteiger partial charge >= 0.3 is 0 Å². The van der Waals surface area contributed by atoms with Crippen LogP contribution in [0.25, 0.3) is 6.08 Å². The van der Waals surface area contributed by atoms with Crippen molar-refractivity contribution in [3.05, 3.63) is 42.0 Å². The first-order valence-corrected chi connectivity index (χ1v) is 5.92. The third-order valence-corrected chi connectivity index (χ3v) is 2.61. The van der Waals surface area contributed by atoms with Gasteiger partial charge in [0.15, 0.2) is 5.78 Å². The van der Waals surface area contributed by atoms with Gasteiger partial charge in [0, 0.05) is 17.7 Å². The molecule has 0 bridgehead atoms. The third kappa shape index (κ3) is 3.04. The Morgan fingerprint density at radius 3 is 2.57 bits per heavy atom. The smallest absolute Gasteiger partial charge is 0.163 e. The van der Waals surface area contributed by atoms with Crippen LogP contribution in [0.1, 0.15) is 22.3 Å². The molecule has 0 unspecified atom stereocenters. The molecule has 0 aliphatic rings. The van der Waals surface area contributed by atoms with Gasteiger partial charge in [0.1, 0.15) is 0 Å². The molecule has 0 aliphatic carbocycles. The number of benzene rings is 1. The molecule has 0 amide bonds. The zero-order chi connectivity index (χ0) is 10.4. The summed E-state index contributed by atoms with van der Waals surface area (Å²) in [6.07, 6.45) is 4.40. The van der Waals surface area contributed by atoms with Crippen LogP contribution in [0.4, 0.5) is 0 Å². The number of hydrogen-bond donors (Lipinski definition) is 0. The van der Waals surface area contributed by atoms with Gasteiger partial charge in [0.25, 0.3) is 0 Å². The zero-order valence-corrected chi connectivity index (χ0v) is 9.14. The molecule has 0 aliphatic heterocycles. The summed E-state index contributed by atoms with van der Waals surface area (Å²) in [5.74, 6) is 1.11. The summed E-state index contributed by atoms with van der Waals surface area (Å²) < 4.78 is 0. The maximum absolute atomic E-state index is 11.6. The van der Waals surface area contributed by atoms with Gasteiger partial charge in [0.2, 0.25) is 0 Å². The van der Waals surface area contributed by atoms with E-state index in [1.807, 2.05) is 30.5 Å². The maximum atomic E-state index is 11.6. The molecule has 1 aromatic rings. The molecule has 14 heavy (non-hydrogen) atoms. The summed E-state index contributed by atoms with van der Waals surface area (Å²) in [6.45, 7) is 3.67. The lowest BCUT2D eigenvalue weighted by atomic mass is 10.1. The Morgan fingerprint density at radius 1 is 1.43 bits per heavy atom. The van der Waals surface area contributed by atoms with Gasteiger partial charge in [0.05, 0.1) is 0 Å². The molecule has 0 spiro atoms. The number of carbonyl (C=O) groups excluding carboxylic acids is 1. The first-order chi connectivity index (χ1) is 6.77. The summed E-state index contributed by atoms with van der Waals surface area (Å²) in [6, 6.07) is 7.55. The van der Waals surface area contributed by atoms with Crippen LogP contribution < -0.4 is 0 Å². The van der Waals surface area contributed by atoms with Gasteiger partial charge in [-0.2, -0.15) is 11.8 Å². The molecule has 0 aromatic heterocycles. The normalized spacial score (nSPS) is 9.79. The van der Waals surface area contributed by atoms with E-state index >= 15 is 0 Å². The fraction of sp³-hybridized carbons (Fsp3) is 0.250. The van der Waals surface area contributed by atoms with E-state index in [-0.39, 0.29) is 5.78 Å². The van der Waals surface area contributed by atoms with E-state index in [2.05, 4.69) is 6.58 Å². The monoisotopic (exact) mass is 206 g/mol. The SMILES string of the molecule is C=Cc1ccc(C(=O)CCSC)cc1. The lowest BCUT2D eigenvalue weighted by molar-refractivity contribution is 0.0989. The van der Waals surface area contributed by atoms with E-state index in [1.54, 1.807) is 17.8 Å². The first kappa shape index (κ1) is 11.1. The highest BCUT2D eigenvalue weighted by Gasteiger charge is 2.03. The standard InChI is InChI=1S/C12H14OS/c1-3-10-4-6-11(7-5-10)12(13)8-9-14-2/h3-7H,1,8-9H2,2H3. The molecule has 0 saturated heterocycles. The van der Waals surface area contributed by atoms with Crippen LogP contribution in [0.3, 0.4) is 0 Å². The summed E-state index contributed by atoms with van der Waals surface area (Å²) in [7, 11) is 0. The van der Waals surface area contributed by atoms with Crippen molar-refractivity contribution in [1.82, 2.24) is 0 Å². The minimum Gasteiger partial charge on any atom is -0.294 e. The topological polar surface area (TPSA) is 17.1 Å². The van der Waals surface area contributed by atoms with E-state index in [0.717, 1.165) is 16.9 Å². The Kier molecular flexibility index (Phi) is 4.47. The van der Waals surface area contributed by atoms with Gasteiger partial charge in [-0.05, 0) is 11.8 Å². The summed E-state index contributed by atoms with van der Waals surface area (Å²) in [5.41, 5.74) is 1.84. The van der Waals surface area contributed by atoms with Crippen molar-refractivity contribution in [2.45, 2.75) is 6.42 Å². The predicted molar refractivity (Wildman–Crippen MR) is 63.9 cm³/mol. The van der Waals surface area contributed by atoms with Crippen LogP contribution in [0.2, 0.25) is 0 Å². The van der Waals surface area contributed by atoms with Crippen LogP contribution >= 0.6 is 11.8 Å². The van der Waals surface area contributed by atoms with Crippen molar-refractivity contribution in [1.29, 1.82) is 0 Å². The molecule has 0 saturated carbocycles. The van der Waals surface area contributed by atoms with Crippen molar-refractivity contribution in [3.8, 4) is 0 Å². The summed E-state index contributed by atoms with van der Waals surface area (Å²) >= 11 is 1.70. The van der Waals surface area contributed by atoms with E-state index in [9.17, 15) is 4.79 Å². The molecule has 2 heteroatoms. The van der Waals surface area contributed by atoms with Gasteiger partial charge in [-0.15, -0.1) is 0 Å². The molecule has 74 valence electrons. The van der Waals surface area contributed by atoms with Crippen molar-refractivity contribution in [2.75, 3.05) is 12.0 Å². The molecule has 1 rings (SSSR count). The second-order valence-electron chi connectivity index (χ2n) is 2.99. The maximum Gasteiger partial charge on any atom is 0.163 e. The highest BCUT2D eigenvalue weighted by molar-refractivity contribution is 7.98. The van der Waals surface area contributed by atoms with E-state index in [0.29, 0.717) is 6.42 Å². The number of carbonyl (C=O) groups is 1. The Labute approximate surface area is 89.2 Å². The van der Waals surface area contributed by atoms with Crippen LogP contribution in [0.15, 0.2) is 30.8 Å². The zero-order valence-electron chi connectivity index (χ0n) is 8.32. The minimum atomic E-state index is 0.218. The van der Waals surface area contributed by atoms with Gasteiger partial charge in [-0.25, -0.2) is 0 Å². The second-order valence-corrected chi connectivity index (χ2v) is 3.98. The van der Waals surface area contributed by atoms with E-state index in [1.165, 1.54) is 0 Å². The van der Waals surface area contributed by atoms with E-state index in [4.69, 9.17) is 0 Å². The van der Waals surface area contributed by atoms with Crippen LogP contribution in [-0.2, 0) is 0 Å². The van der Waals surface area contributed by atoms with Crippen molar-refractivity contribution < 1.29 is 4.79 Å². The number of thioether (sulfide) groups is 1. The van der Waals surface area contributed by atoms with Crippen LogP contribution in [-0.4, -0.2) is 17.8 Å². The Hall–Kier alpha value is -1.02. The Bertz CT molecular complexity index is 314. The third-order valence-electron chi connectivity index (χ3n) is 2.00. The minimum absolute atomic E-state index is 0.218. The average Bonchev–Trinajstić information content (AvgIpc) is 2.26. The fourth-order valence-corrected chi connectivity index (χ4v) is 1.53. The number of Topliss-reactive ketones (excluding diaryl/α,β-unsaturated/α-hetero) is 1. The summed E-state index contributed by atoms with van der Waals surface area (Å²) in [5, 5.41) is 0. The van der Waals surface area contributed by atoms with E-state index < -0.39 is 0 Å². The second kappa shape index (κ2) is 5.66. The highest BCUT2D eigenvalue weighted by Crippen LogP contribution is 2.09. The predicted octanol–water partition coefficient (Wildman–Crippen LogP) is 3.27. The molecule has 1 nitrogen and oxygen atoms in total. The molecular formula is C12H14OS. The first-order valence-electron chi connectivity index (χ1n) is 4.52. The van der Waals surface area contributed by atoms with Crippen LogP contribution in [0.5, 0.6) is 0 Å². The lowest BCUT2D eigenvalue weighted by Crippen LogP contribution is -1.99. The summed E-state index contributed by atoms with van der Waals surface area (Å²) in [4.78, 5) is 11.6. The fourth-order valence-electron chi connectivity index (χ4n) is 1.14. The van der Waals surface area contributed by atoms with Crippen molar-refractivity contribution in [2.24, 2.45) is 0 Å². The number of hydrogen-bond acceptors (Lipinski definition) is 2. The average molecular weight is 206 g/mol. The largest absolute Gasteiger partial charge is 0.294 e. The number of ketones is 1. The highest BCUT2D eigenvalue weighted by atomic mass is 32.2. The molecule has 0 fully saturated rings. The quantitative estimate of drug-likeness (QED) is 0.688. The molecule has 0 radical (unpaired) electrons. The molecule has 0 N–H and O–H groups in total. The molecule has 0 atom stereocenters. The lowest BCUT2D eigenvalue weighted by Gasteiger charge is -2.00. The number of rotatable bonds is 5. The van der Waals surface area contributed by atoms with Gasteiger partial charge in [-0.3, -0.25) is 4.79 Å². The van der Waals surface area contributed by atoms with Crippen molar-refractivity contribution in [3.63, 3.8) is 0 Å². The van der Waals surface area contributed by atoms with Crippen LogP contribution in [0, 0.1) is 0 Å².